The van der Waals surface area contributed by atoms with Crippen LogP contribution in [0.25, 0.3) is 17.2 Å². The van der Waals surface area contributed by atoms with Gasteiger partial charge in [-0.15, -0.1) is 0 Å². The number of carbonyl (C=O) groups excluding carboxylic acids is 1. The SMILES string of the molecule is Cc1ccc(-c2ccc3c(c2)C=C(C(=O)NCCC2CCN(C4CCOCC4)CC2)CCO3)cc1. The lowest BCUT2D eigenvalue weighted by Gasteiger charge is -2.39. The van der Waals surface area contributed by atoms with Gasteiger partial charge in [0.1, 0.15) is 5.75 Å². The number of hydrogen-bond donors (Lipinski definition) is 1. The van der Waals surface area contributed by atoms with Gasteiger partial charge < -0.3 is 19.7 Å². The number of piperidine rings is 1. The number of hydrogen-bond acceptors (Lipinski definition) is 4. The largest absolute Gasteiger partial charge is 0.493 e. The number of aryl methyl sites for hydroxylation is 1. The summed E-state index contributed by atoms with van der Waals surface area (Å²) in [6, 6.07) is 15.5. The second-order valence-electron chi connectivity index (χ2n) is 10.3. The zero-order chi connectivity index (χ0) is 24.0. The minimum atomic E-state index is 0.0434. The molecule has 5 nitrogen and oxygen atoms in total. The quantitative estimate of drug-likeness (QED) is 0.623. The van der Waals surface area contributed by atoms with Gasteiger partial charge in [-0.3, -0.25) is 4.79 Å². The number of ether oxygens (including phenoxy) is 2. The van der Waals surface area contributed by atoms with E-state index in [4.69, 9.17) is 9.47 Å². The first-order valence-corrected chi connectivity index (χ1v) is 13.3. The van der Waals surface area contributed by atoms with E-state index in [1.807, 2.05) is 12.1 Å². The van der Waals surface area contributed by atoms with Crippen molar-refractivity contribution in [3.05, 3.63) is 59.2 Å². The molecule has 3 heterocycles. The van der Waals surface area contributed by atoms with Gasteiger partial charge in [-0.1, -0.05) is 35.9 Å². The predicted octanol–water partition coefficient (Wildman–Crippen LogP) is 5.23. The van der Waals surface area contributed by atoms with Crippen molar-refractivity contribution in [3.63, 3.8) is 0 Å². The number of nitrogens with one attached hydrogen (secondary N) is 1. The Morgan fingerprint density at radius 3 is 2.49 bits per heavy atom. The predicted molar refractivity (Wildman–Crippen MR) is 140 cm³/mol. The Balaban J connectivity index is 1.14. The Hall–Kier alpha value is -2.63. The maximum atomic E-state index is 13.0. The molecule has 0 saturated carbocycles. The molecule has 0 unspecified atom stereocenters. The average Bonchev–Trinajstić information content (AvgIpc) is 3.12. The fourth-order valence-electron chi connectivity index (χ4n) is 5.59. The zero-order valence-corrected chi connectivity index (χ0v) is 20.9. The third-order valence-corrected chi connectivity index (χ3v) is 7.84. The summed E-state index contributed by atoms with van der Waals surface area (Å²) in [5, 5.41) is 3.19. The summed E-state index contributed by atoms with van der Waals surface area (Å²) in [7, 11) is 0. The third kappa shape index (κ3) is 6.14. The summed E-state index contributed by atoms with van der Waals surface area (Å²) < 4.78 is 11.5. The van der Waals surface area contributed by atoms with Crippen LogP contribution in [0.2, 0.25) is 0 Å². The van der Waals surface area contributed by atoms with Gasteiger partial charge in [-0.05, 0) is 87.4 Å². The van der Waals surface area contributed by atoms with Crippen LogP contribution >= 0.6 is 0 Å². The average molecular weight is 475 g/mol. The molecule has 2 saturated heterocycles. The first-order valence-electron chi connectivity index (χ1n) is 13.3. The molecule has 186 valence electrons. The number of amides is 1. The van der Waals surface area contributed by atoms with Gasteiger partial charge >= 0.3 is 0 Å². The van der Waals surface area contributed by atoms with E-state index < -0.39 is 0 Å². The molecular weight excluding hydrogens is 436 g/mol. The van der Waals surface area contributed by atoms with Crippen molar-refractivity contribution in [2.75, 3.05) is 39.5 Å². The van der Waals surface area contributed by atoms with E-state index in [1.165, 1.54) is 49.9 Å². The number of likely N-dealkylation sites (tertiary alicyclic amines) is 1. The molecule has 1 amide bonds. The van der Waals surface area contributed by atoms with E-state index in [1.54, 1.807) is 0 Å². The summed E-state index contributed by atoms with van der Waals surface area (Å²) in [5.41, 5.74) is 5.34. The number of benzene rings is 2. The molecule has 0 aliphatic carbocycles. The summed E-state index contributed by atoms with van der Waals surface area (Å²) in [5.74, 6) is 1.59. The molecule has 2 fully saturated rings. The van der Waals surface area contributed by atoms with Crippen LogP contribution in [0.3, 0.4) is 0 Å². The minimum Gasteiger partial charge on any atom is -0.493 e. The second kappa shape index (κ2) is 11.4. The van der Waals surface area contributed by atoms with Crippen molar-refractivity contribution in [3.8, 4) is 16.9 Å². The van der Waals surface area contributed by atoms with E-state index in [9.17, 15) is 4.79 Å². The zero-order valence-electron chi connectivity index (χ0n) is 20.9. The fraction of sp³-hybridized carbons (Fsp3) is 0.500. The highest BCUT2D eigenvalue weighted by molar-refractivity contribution is 5.98. The highest BCUT2D eigenvalue weighted by Gasteiger charge is 2.26. The van der Waals surface area contributed by atoms with Crippen LogP contribution in [0.15, 0.2) is 48.0 Å². The van der Waals surface area contributed by atoms with E-state index in [2.05, 4.69) is 53.5 Å². The van der Waals surface area contributed by atoms with Crippen LogP contribution in [0.5, 0.6) is 5.75 Å². The summed E-state index contributed by atoms with van der Waals surface area (Å²) in [4.78, 5) is 15.7. The fourth-order valence-corrected chi connectivity index (χ4v) is 5.59. The number of nitrogens with zero attached hydrogens (tertiary/aromatic N) is 1. The number of carbonyl (C=O) groups is 1. The molecule has 2 aromatic carbocycles. The van der Waals surface area contributed by atoms with Crippen LogP contribution in [-0.4, -0.2) is 56.3 Å². The highest BCUT2D eigenvalue weighted by atomic mass is 16.5. The topological polar surface area (TPSA) is 50.8 Å². The molecule has 2 aromatic rings. The minimum absolute atomic E-state index is 0.0434. The van der Waals surface area contributed by atoms with Gasteiger partial charge in [-0.25, -0.2) is 0 Å². The molecule has 0 atom stereocenters. The van der Waals surface area contributed by atoms with Crippen LogP contribution in [-0.2, 0) is 9.53 Å². The normalized spacial score (nSPS) is 19.9. The van der Waals surface area contributed by atoms with Crippen LogP contribution < -0.4 is 10.1 Å². The van der Waals surface area contributed by atoms with Crippen molar-refractivity contribution in [2.24, 2.45) is 5.92 Å². The Labute approximate surface area is 209 Å². The van der Waals surface area contributed by atoms with E-state index in [0.29, 0.717) is 25.0 Å². The molecule has 3 aliphatic heterocycles. The van der Waals surface area contributed by atoms with E-state index >= 15 is 0 Å². The molecule has 35 heavy (non-hydrogen) atoms. The van der Waals surface area contributed by atoms with Crippen LogP contribution in [0.1, 0.15) is 49.7 Å². The van der Waals surface area contributed by atoms with Gasteiger partial charge in [0.2, 0.25) is 5.91 Å². The first-order chi connectivity index (χ1) is 17.2. The lowest BCUT2D eigenvalue weighted by Crippen LogP contribution is -2.44. The van der Waals surface area contributed by atoms with Crippen LogP contribution in [0.4, 0.5) is 0 Å². The van der Waals surface area contributed by atoms with Crippen molar-refractivity contribution < 1.29 is 14.3 Å². The van der Waals surface area contributed by atoms with Gasteiger partial charge in [-0.2, -0.15) is 0 Å². The second-order valence-corrected chi connectivity index (χ2v) is 10.3. The van der Waals surface area contributed by atoms with Crippen LogP contribution in [0, 0.1) is 12.8 Å². The summed E-state index contributed by atoms with van der Waals surface area (Å²) >= 11 is 0. The van der Waals surface area contributed by atoms with Gasteiger partial charge in [0.15, 0.2) is 0 Å². The lowest BCUT2D eigenvalue weighted by molar-refractivity contribution is -0.117. The Morgan fingerprint density at radius 2 is 1.71 bits per heavy atom. The molecule has 0 aromatic heterocycles. The number of fused-ring (bicyclic) bond motifs is 1. The van der Waals surface area contributed by atoms with Crippen molar-refractivity contribution in [1.29, 1.82) is 0 Å². The molecule has 3 aliphatic rings. The molecule has 0 spiro atoms. The molecule has 5 heteroatoms. The maximum Gasteiger partial charge on any atom is 0.247 e. The highest BCUT2D eigenvalue weighted by Crippen LogP contribution is 2.31. The first kappa shape index (κ1) is 24.1. The van der Waals surface area contributed by atoms with Gasteiger partial charge in [0.05, 0.1) is 6.61 Å². The van der Waals surface area contributed by atoms with Crippen molar-refractivity contribution >= 4 is 12.0 Å². The molecule has 0 bridgehead atoms. The Bertz CT molecular complexity index is 1030. The molecule has 0 radical (unpaired) electrons. The number of rotatable bonds is 6. The monoisotopic (exact) mass is 474 g/mol. The Morgan fingerprint density at radius 1 is 0.971 bits per heavy atom. The van der Waals surface area contributed by atoms with Crippen molar-refractivity contribution in [2.45, 2.75) is 51.5 Å². The smallest absolute Gasteiger partial charge is 0.247 e. The van der Waals surface area contributed by atoms with Gasteiger partial charge in [0.25, 0.3) is 0 Å². The summed E-state index contributed by atoms with van der Waals surface area (Å²) in [6.45, 7) is 7.57. The standard InChI is InChI=1S/C30H38N2O3/c1-22-2-4-24(5-3-22)25-6-7-29-27(20-25)21-26(11-19-35-29)30(33)31-14-8-23-9-15-32(16-10-23)28-12-17-34-18-13-28/h2-7,20-21,23,28H,8-19H2,1H3,(H,31,33). The van der Waals surface area contributed by atoms with E-state index in [-0.39, 0.29) is 5.91 Å². The summed E-state index contributed by atoms with van der Waals surface area (Å²) in [6.07, 6.45) is 8.53. The third-order valence-electron chi connectivity index (χ3n) is 7.84. The van der Waals surface area contributed by atoms with Gasteiger partial charge in [0, 0.05) is 43.4 Å². The molecule has 5 rings (SSSR count). The lowest BCUT2D eigenvalue weighted by atomic mass is 9.91. The Kier molecular flexibility index (Phi) is 7.85. The molecule has 1 N–H and O–H groups in total. The van der Waals surface area contributed by atoms with Crippen molar-refractivity contribution in [1.82, 2.24) is 10.2 Å². The van der Waals surface area contributed by atoms with E-state index in [0.717, 1.165) is 48.6 Å². The molecular formula is C30H38N2O3. The maximum absolute atomic E-state index is 13.0.